The standard InChI is InChI=1S/C9H11N3.C8H10N4.C6H9NO.C6H9NS/c1-6(2)9-11-4-7-3-10-5-8(7)12-9;1-5(2)7-6-3-9-4-10-8(6)12-11-7;2*1-5(2)6-7-3-4-8-6/h4-6H,3H2,1-2H3;3-5H,1-2H3,(H,9,10,11,12);2*3-5H,1-2H3. The van der Waals surface area contributed by atoms with Crippen molar-refractivity contribution in [1.82, 2.24) is 40.1 Å². The van der Waals surface area contributed by atoms with E-state index in [0.29, 0.717) is 23.7 Å². The quantitative estimate of drug-likeness (QED) is 0.246. The minimum Gasteiger partial charge on any atom is -0.449 e. The number of aromatic amines is 1. The molecule has 0 radical (unpaired) electrons. The molecule has 0 spiro atoms. The van der Waals surface area contributed by atoms with Crippen LogP contribution in [0.1, 0.15) is 113 Å². The lowest BCUT2D eigenvalue weighted by Crippen LogP contribution is -2.01. The van der Waals surface area contributed by atoms with Gasteiger partial charge in [0.05, 0.1) is 28.8 Å². The van der Waals surface area contributed by atoms with Crippen LogP contribution in [-0.2, 0) is 6.54 Å². The van der Waals surface area contributed by atoms with E-state index in [1.54, 1.807) is 30.0 Å². The number of aromatic nitrogens is 8. The number of thiazole rings is 1. The molecular weight excluding hydrogens is 522 g/mol. The first-order valence-electron chi connectivity index (χ1n) is 13.5. The first-order chi connectivity index (χ1) is 19.2. The van der Waals surface area contributed by atoms with Crippen molar-refractivity contribution in [3.63, 3.8) is 0 Å². The number of aliphatic imine (C=N–C) groups is 1. The Morgan fingerprint density at radius 1 is 0.850 bits per heavy atom. The zero-order valence-electron chi connectivity index (χ0n) is 24.5. The van der Waals surface area contributed by atoms with Crippen molar-refractivity contribution in [2.75, 3.05) is 0 Å². The van der Waals surface area contributed by atoms with Gasteiger partial charge in [-0.25, -0.2) is 29.9 Å². The largest absolute Gasteiger partial charge is 0.449 e. The van der Waals surface area contributed by atoms with Crippen LogP contribution in [0.5, 0.6) is 0 Å². The zero-order chi connectivity index (χ0) is 29.1. The van der Waals surface area contributed by atoms with E-state index in [9.17, 15) is 0 Å². The van der Waals surface area contributed by atoms with Crippen LogP contribution in [0.4, 0.5) is 0 Å². The Morgan fingerprint density at radius 2 is 1.65 bits per heavy atom. The van der Waals surface area contributed by atoms with Gasteiger partial charge in [-0.05, 0) is 5.92 Å². The van der Waals surface area contributed by atoms with Crippen LogP contribution in [0.2, 0.25) is 0 Å². The molecule has 11 heteroatoms. The highest BCUT2D eigenvalue weighted by Gasteiger charge is 2.11. The maximum absolute atomic E-state index is 4.98. The van der Waals surface area contributed by atoms with E-state index in [2.05, 4.69) is 86.6 Å². The first-order valence-corrected chi connectivity index (χ1v) is 14.3. The van der Waals surface area contributed by atoms with Crippen LogP contribution in [0.3, 0.4) is 0 Å². The predicted molar refractivity (Wildman–Crippen MR) is 160 cm³/mol. The third kappa shape index (κ3) is 8.84. The summed E-state index contributed by atoms with van der Waals surface area (Å²) in [4.78, 5) is 28.8. The summed E-state index contributed by atoms with van der Waals surface area (Å²) in [7, 11) is 0. The van der Waals surface area contributed by atoms with E-state index in [4.69, 9.17) is 4.42 Å². The fourth-order valence-corrected chi connectivity index (χ4v) is 4.09. The van der Waals surface area contributed by atoms with Crippen LogP contribution >= 0.6 is 11.3 Å². The highest BCUT2D eigenvalue weighted by molar-refractivity contribution is 7.09. The Hall–Kier alpha value is -3.86. The number of H-pyrrole nitrogens is 1. The molecule has 5 aromatic heterocycles. The third-order valence-electron chi connectivity index (χ3n) is 5.64. The van der Waals surface area contributed by atoms with Crippen LogP contribution in [0.15, 0.2) is 52.2 Å². The summed E-state index contributed by atoms with van der Waals surface area (Å²) >= 11 is 1.72. The number of nitrogens with one attached hydrogen (secondary N) is 1. The maximum Gasteiger partial charge on any atom is 0.196 e. The molecule has 0 saturated carbocycles. The second-order valence-electron chi connectivity index (χ2n) is 10.4. The molecule has 0 amide bonds. The van der Waals surface area contributed by atoms with Gasteiger partial charge in [-0.3, -0.25) is 10.1 Å². The molecule has 40 heavy (non-hydrogen) atoms. The topological polar surface area (TPSA) is 132 Å². The average Bonchev–Trinajstić information content (AvgIpc) is 3.76. The van der Waals surface area contributed by atoms with Gasteiger partial charge in [0, 0.05) is 59.2 Å². The Bertz CT molecular complexity index is 1400. The SMILES string of the molecule is CC(C)c1[nH]nc2ncncc12.CC(C)c1ncc2c(n1)C=NC2.CC(C)c1ncco1.CC(C)c1nccs1. The molecule has 5 aromatic rings. The lowest BCUT2D eigenvalue weighted by atomic mass is 10.1. The fraction of sp³-hybridized carbons (Fsp3) is 0.448. The van der Waals surface area contributed by atoms with Crippen molar-refractivity contribution in [2.24, 2.45) is 4.99 Å². The first kappa shape index (κ1) is 30.7. The molecule has 0 unspecified atom stereocenters. The van der Waals surface area contributed by atoms with E-state index in [-0.39, 0.29) is 0 Å². The van der Waals surface area contributed by atoms with Crippen LogP contribution in [0.25, 0.3) is 11.0 Å². The molecule has 212 valence electrons. The van der Waals surface area contributed by atoms with E-state index < -0.39 is 0 Å². The number of hydrogen-bond acceptors (Lipinski definition) is 10. The Kier molecular flexibility index (Phi) is 11.6. The molecule has 0 fully saturated rings. The molecule has 0 saturated heterocycles. The molecule has 0 bridgehead atoms. The highest BCUT2D eigenvalue weighted by Crippen LogP contribution is 2.19. The molecule has 1 N–H and O–H groups in total. The fourth-order valence-electron chi connectivity index (χ4n) is 3.43. The number of nitrogens with zero attached hydrogens (tertiary/aromatic N) is 8. The predicted octanol–water partition coefficient (Wildman–Crippen LogP) is 7.07. The molecule has 0 aromatic carbocycles. The molecule has 6 rings (SSSR count). The average molecular weight is 562 g/mol. The van der Waals surface area contributed by atoms with Gasteiger partial charge in [0.15, 0.2) is 11.5 Å². The summed E-state index contributed by atoms with van der Waals surface area (Å²) in [6.07, 6.45) is 12.1. The van der Waals surface area contributed by atoms with E-state index in [1.807, 2.05) is 37.8 Å². The van der Waals surface area contributed by atoms with Gasteiger partial charge in [0.2, 0.25) is 0 Å². The molecule has 1 aliphatic heterocycles. The summed E-state index contributed by atoms with van der Waals surface area (Å²) in [5.74, 6) is 3.54. The number of oxazole rings is 1. The Balaban J connectivity index is 0.000000150. The lowest BCUT2D eigenvalue weighted by molar-refractivity contribution is 0.471. The van der Waals surface area contributed by atoms with Gasteiger partial charge in [0.1, 0.15) is 18.4 Å². The molecule has 0 atom stereocenters. The minimum absolute atomic E-state index is 0.393. The summed E-state index contributed by atoms with van der Waals surface area (Å²) < 4.78 is 4.98. The second-order valence-corrected chi connectivity index (χ2v) is 11.3. The van der Waals surface area contributed by atoms with Crippen LogP contribution in [-0.4, -0.2) is 46.3 Å². The number of fused-ring (bicyclic) bond motifs is 2. The van der Waals surface area contributed by atoms with E-state index in [1.165, 1.54) is 11.3 Å². The molecule has 0 aliphatic carbocycles. The van der Waals surface area contributed by atoms with Gasteiger partial charge >= 0.3 is 0 Å². The summed E-state index contributed by atoms with van der Waals surface area (Å²) in [5, 5.41) is 11.3. The second kappa shape index (κ2) is 15.1. The van der Waals surface area contributed by atoms with Crippen molar-refractivity contribution >= 4 is 28.6 Å². The van der Waals surface area contributed by atoms with Gasteiger partial charge in [-0.15, -0.1) is 11.3 Å². The van der Waals surface area contributed by atoms with Crippen molar-refractivity contribution in [1.29, 1.82) is 0 Å². The Morgan fingerprint density at radius 3 is 2.20 bits per heavy atom. The van der Waals surface area contributed by atoms with E-state index in [0.717, 1.165) is 46.2 Å². The molecule has 6 heterocycles. The highest BCUT2D eigenvalue weighted by atomic mass is 32.1. The van der Waals surface area contributed by atoms with Gasteiger partial charge in [-0.1, -0.05) is 55.4 Å². The maximum atomic E-state index is 4.98. The smallest absolute Gasteiger partial charge is 0.196 e. The molecular formula is C29H39N9OS. The van der Waals surface area contributed by atoms with Gasteiger partial charge in [0.25, 0.3) is 0 Å². The van der Waals surface area contributed by atoms with Crippen LogP contribution in [0, 0.1) is 0 Å². The van der Waals surface area contributed by atoms with Crippen molar-refractivity contribution in [3.05, 3.63) is 76.4 Å². The summed E-state index contributed by atoms with van der Waals surface area (Å²) in [6, 6.07) is 0. The number of rotatable bonds is 4. The monoisotopic (exact) mass is 561 g/mol. The van der Waals surface area contributed by atoms with Gasteiger partial charge in [-0.2, -0.15) is 5.10 Å². The summed E-state index contributed by atoms with van der Waals surface area (Å²) in [6.45, 7) is 17.5. The minimum atomic E-state index is 0.393. The van der Waals surface area contributed by atoms with E-state index >= 15 is 0 Å². The van der Waals surface area contributed by atoms with Crippen LogP contribution < -0.4 is 0 Å². The van der Waals surface area contributed by atoms with Gasteiger partial charge < -0.3 is 4.42 Å². The molecule has 10 nitrogen and oxygen atoms in total. The normalized spacial score (nSPS) is 11.7. The number of hydrogen-bond donors (Lipinski definition) is 1. The Labute approximate surface area is 239 Å². The van der Waals surface area contributed by atoms with Crippen molar-refractivity contribution < 1.29 is 4.42 Å². The van der Waals surface area contributed by atoms with Crippen molar-refractivity contribution in [2.45, 2.75) is 85.6 Å². The molecule has 1 aliphatic rings. The summed E-state index contributed by atoms with van der Waals surface area (Å²) in [5.41, 5.74) is 3.98. The third-order valence-corrected chi connectivity index (χ3v) is 6.72. The van der Waals surface area contributed by atoms with Crippen molar-refractivity contribution in [3.8, 4) is 0 Å². The zero-order valence-corrected chi connectivity index (χ0v) is 25.3. The lowest BCUT2D eigenvalue weighted by Gasteiger charge is -2.03.